The number of hydrogen-bond acceptors (Lipinski definition) is 2. The van der Waals surface area contributed by atoms with Crippen LogP contribution in [0.3, 0.4) is 0 Å². The van der Waals surface area contributed by atoms with Crippen molar-refractivity contribution in [2.75, 3.05) is 0 Å². The number of nitrogens with zero attached hydrogens (tertiary/aromatic N) is 1. The number of hydrogen-bond donors (Lipinski definition) is 2. The molecule has 1 fully saturated rings. The monoisotopic (exact) mass is 250 g/mol. The third kappa shape index (κ3) is 2.25. The molecule has 1 heterocycles. The Balaban J connectivity index is 2.17. The average molecular weight is 250 g/mol. The molecule has 0 saturated heterocycles. The maximum Gasteiger partial charge on any atom is 0.329 e. The Morgan fingerprint density at radius 2 is 2.00 bits per heavy atom. The lowest BCUT2D eigenvalue weighted by Crippen LogP contribution is -2.55. The Bertz CT molecular complexity index is 459. The maximum atomic E-state index is 12.1. The van der Waals surface area contributed by atoms with E-state index < -0.39 is 11.5 Å². The zero-order chi connectivity index (χ0) is 13.2. The summed E-state index contributed by atoms with van der Waals surface area (Å²) in [5.41, 5.74) is -0.597. The first-order valence-electron chi connectivity index (χ1n) is 6.22. The van der Waals surface area contributed by atoms with Gasteiger partial charge >= 0.3 is 5.97 Å². The summed E-state index contributed by atoms with van der Waals surface area (Å²) in [7, 11) is 1.77. The van der Waals surface area contributed by atoms with Gasteiger partial charge in [-0.3, -0.25) is 4.79 Å². The van der Waals surface area contributed by atoms with Crippen LogP contribution in [-0.4, -0.2) is 27.1 Å². The Morgan fingerprint density at radius 3 is 2.50 bits per heavy atom. The van der Waals surface area contributed by atoms with Crippen molar-refractivity contribution < 1.29 is 14.7 Å². The van der Waals surface area contributed by atoms with E-state index in [4.69, 9.17) is 0 Å². The number of amides is 1. The van der Waals surface area contributed by atoms with Crippen molar-refractivity contribution in [3.8, 4) is 0 Å². The molecule has 18 heavy (non-hydrogen) atoms. The molecule has 0 atom stereocenters. The molecule has 5 nitrogen and oxygen atoms in total. The molecule has 0 aromatic carbocycles. The zero-order valence-corrected chi connectivity index (χ0v) is 10.5. The highest BCUT2D eigenvalue weighted by Crippen LogP contribution is 2.28. The van der Waals surface area contributed by atoms with Gasteiger partial charge in [0.1, 0.15) is 11.2 Å². The van der Waals surface area contributed by atoms with Gasteiger partial charge in [-0.2, -0.15) is 0 Å². The fourth-order valence-corrected chi connectivity index (χ4v) is 2.53. The second kappa shape index (κ2) is 4.84. The van der Waals surface area contributed by atoms with Gasteiger partial charge in [-0.15, -0.1) is 0 Å². The van der Waals surface area contributed by atoms with Crippen LogP contribution in [0.15, 0.2) is 18.3 Å². The van der Waals surface area contributed by atoms with E-state index in [9.17, 15) is 14.7 Å². The van der Waals surface area contributed by atoms with Crippen molar-refractivity contribution in [2.24, 2.45) is 7.05 Å². The van der Waals surface area contributed by atoms with Crippen LogP contribution in [0.1, 0.15) is 42.6 Å². The van der Waals surface area contributed by atoms with Gasteiger partial charge in [0.15, 0.2) is 0 Å². The van der Waals surface area contributed by atoms with Crippen LogP contribution in [0.2, 0.25) is 0 Å². The number of aromatic nitrogens is 1. The lowest BCUT2D eigenvalue weighted by Gasteiger charge is -2.33. The smallest absolute Gasteiger partial charge is 0.329 e. The van der Waals surface area contributed by atoms with Crippen LogP contribution in [0.4, 0.5) is 0 Å². The van der Waals surface area contributed by atoms with Crippen molar-refractivity contribution in [1.82, 2.24) is 9.88 Å². The van der Waals surface area contributed by atoms with Gasteiger partial charge in [0.25, 0.3) is 5.91 Å². The predicted octanol–water partition coefficient (Wildman–Crippen LogP) is 1.54. The van der Waals surface area contributed by atoms with E-state index in [1.807, 2.05) is 0 Å². The summed E-state index contributed by atoms with van der Waals surface area (Å²) >= 11 is 0. The van der Waals surface area contributed by atoms with Crippen LogP contribution >= 0.6 is 0 Å². The quantitative estimate of drug-likeness (QED) is 0.854. The molecule has 1 saturated carbocycles. The minimum Gasteiger partial charge on any atom is -0.480 e. The highest BCUT2D eigenvalue weighted by molar-refractivity contribution is 5.96. The molecule has 0 radical (unpaired) electrons. The Hall–Kier alpha value is -1.78. The Labute approximate surface area is 106 Å². The van der Waals surface area contributed by atoms with Gasteiger partial charge in [0.2, 0.25) is 0 Å². The van der Waals surface area contributed by atoms with E-state index in [0.717, 1.165) is 19.3 Å². The highest BCUT2D eigenvalue weighted by atomic mass is 16.4. The van der Waals surface area contributed by atoms with Crippen LogP contribution in [0.25, 0.3) is 0 Å². The summed E-state index contributed by atoms with van der Waals surface area (Å²) in [6.07, 6.45) is 5.52. The molecule has 0 unspecified atom stereocenters. The number of carboxylic acids is 1. The summed E-state index contributed by atoms with van der Waals surface area (Å²) < 4.78 is 1.69. The lowest BCUT2D eigenvalue weighted by atomic mass is 9.81. The summed E-state index contributed by atoms with van der Waals surface area (Å²) in [5, 5.41) is 12.1. The first kappa shape index (κ1) is 12.7. The highest BCUT2D eigenvalue weighted by Gasteiger charge is 2.41. The molecule has 1 amide bonds. The molecule has 5 heteroatoms. The van der Waals surface area contributed by atoms with Gasteiger partial charge in [0, 0.05) is 13.2 Å². The number of rotatable bonds is 3. The van der Waals surface area contributed by atoms with Crippen LogP contribution in [0.5, 0.6) is 0 Å². The SMILES string of the molecule is Cn1cccc1C(=O)NC1(C(=O)O)CCCCC1. The predicted molar refractivity (Wildman–Crippen MR) is 66.3 cm³/mol. The van der Waals surface area contributed by atoms with E-state index in [-0.39, 0.29) is 5.91 Å². The average Bonchev–Trinajstić information content (AvgIpc) is 2.76. The zero-order valence-electron chi connectivity index (χ0n) is 10.5. The molecule has 0 spiro atoms. The minimum atomic E-state index is -1.08. The van der Waals surface area contributed by atoms with E-state index >= 15 is 0 Å². The van der Waals surface area contributed by atoms with E-state index in [2.05, 4.69) is 5.32 Å². The van der Waals surface area contributed by atoms with Crippen LogP contribution in [-0.2, 0) is 11.8 Å². The third-order valence-corrected chi connectivity index (χ3v) is 3.65. The topological polar surface area (TPSA) is 71.3 Å². The van der Waals surface area contributed by atoms with Gasteiger partial charge in [-0.1, -0.05) is 19.3 Å². The van der Waals surface area contributed by atoms with Crippen LogP contribution < -0.4 is 5.32 Å². The second-order valence-electron chi connectivity index (χ2n) is 4.91. The number of aliphatic carboxylic acids is 1. The minimum absolute atomic E-state index is 0.313. The molecule has 1 aliphatic rings. The summed E-state index contributed by atoms with van der Waals surface area (Å²) in [6, 6.07) is 3.46. The first-order valence-corrected chi connectivity index (χ1v) is 6.22. The molecule has 0 bridgehead atoms. The Morgan fingerprint density at radius 1 is 1.33 bits per heavy atom. The number of carboxylic acid groups (broad SMARTS) is 1. The molecule has 0 aliphatic heterocycles. The second-order valence-corrected chi connectivity index (χ2v) is 4.91. The fourth-order valence-electron chi connectivity index (χ4n) is 2.53. The van der Waals surface area contributed by atoms with Gasteiger partial charge in [-0.25, -0.2) is 4.79 Å². The van der Waals surface area contributed by atoms with Crippen molar-refractivity contribution in [3.63, 3.8) is 0 Å². The lowest BCUT2D eigenvalue weighted by molar-refractivity contribution is -0.145. The standard InChI is InChI=1S/C13H18N2O3/c1-15-9-5-6-10(15)11(16)14-13(12(17)18)7-3-2-4-8-13/h5-6,9H,2-4,7-8H2,1H3,(H,14,16)(H,17,18). The molecule has 2 rings (SSSR count). The molecule has 1 aliphatic carbocycles. The Kier molecular flexibility index (Phi) is 3.41. The largest absolute Gasteiger partial charge is 0.480 e. The normalized spacial score (nSPS) is 18.3. The molecule has 98 valence electrons. The van der Waals surface area contributed by atoms with E-state index in [0.29, 0.717) is 18.5 Å². The molecular weight excluding hydrogens is 232 g/mol. The fraction of sp³-hybridized carbons (Fsp3) is 0.538. The van der Waals surface area contributed by atoms with Crippen molar-refractivity contribution in [3.05, 3.63) is 24.0 Å². The van der Waals surface area contributed by atoms with Gasteiger partial charge < -0.3 is 15.0 Å². The molecule has 1 aromatic rings. The number of carbonyl (C=O) groups excluding carboxylic acids is 1. The van der Waals surface area contributed by atoms with Gasteiger partial charge in [-0.05, 0) is 25.0 Å². The number of aryl methyl sites for hydroxylation is 1. The van der Waals surface area contributed by atoms with Crippen molar-refractivity contribution in [1.29, 1.82) is 0 Å². The van der Waals surface area contributed by atoms with Crippen molar-refractivity contribution >= 4 is 11.9 Å². The van der Waals surface area contributed by atoms with Crippen molar-refractivity contribution in [2.45, 2.75) is 37.6 Å². The van der Waals surface area contributed by atoms with Crippen LogP contribution in [0, 0.1) is 0 Å². The van der Waals surface area contributed by atoms with E-state index in [1.165, 1.54) is 0 Å². The number of nitrogens with one attached hydrogen (secondary N) is 1. The summed E-state index contributed by atoms with van der Waals surface area (Å²) in [4.78, 5) is 23.6. The summed E-state index contributed by atoms with van der Waals surface area (Å²) in [6.45, 7) is 0. The first-order chi connectivity index (χ1) is 8.55. The van der Waals surface area contributed by atoms with Gasteiger partial charge in [0.05, 0.1) is 0 Å². The molecule has 2 N–H and O–H groups in total. The molecule has 1 aromatic heterocycles. The summed E-state index contributed by atoms with van der Waals surface area (Å²) in [5.74, 6) is -1.24. The number of carbonyl (C=O) groups is 2. The molecular formula is C13H18N2O3. The van der Waals surface area contributed by atoms with E-state index in [1.54, 1.807) is 29.9 Å². The third-order valence-electron chi connectivity index (χ3n) is 3.65. The maximum absolute atomic E-state index is 12.1.